The van der Waals surface area contributed by atoms with Crippen LogP contribution in [0.25, 0.3) is 11.0 Å². The number of nitro benzene ring substituents is 1. The predicted molar refractivity (Wildman–Crippen MR) is 111 cm³/mol. The summed E-state index contributed by atoms with van der Waals surface area (Å²) < 4.78 is 2.38. The summed E-state index contributed by atoms with van der Waals surface area (Å²) in [6, 6.07) is 6.34. The Kier molecular flexibility index (Phi) is 5.83. The lowest BCUT2D eigenvalue weighted by atomic mass is 10.1. The van der Waals surface area contributed by atoms with E-state index in [-0.39, 0.29) is 11.1 Å². The summed E-state index contributed by atoms with van der Waals surface area (Å²) in [4.78, 5) is 44.7. The number of thioether (sulfide) groups is 1. The van der Waals surface area contributed by atoms with Crippen LogP contribution in [0, 0.1) is 16.0 Å². The molecule has 0 aliphatic carbocycles. The second kappa shape index (κ2) is 8.16. The maximum Gasteiger partial charge on any atom is 0.332 e. The summed E-state index contributed by atoms with van der Waals surface area (Å²) in [5, 5.41) is 11.7. The lowest BCUT2D eigenvalue weighted by Gasteiger charge is -2.12. The Morgan fingerprint density at radius 3 is 2.55 bits per heavy atom. The van der Waals surface area contributed by atoms with Gasteiger partial charge in [0, 0.05) is 38.4 Å². The minimum Gasteiger partial charge on any atom is -0.280 e. The molecule has 3 aromatic rings. The molecule has 2 aromatic heterocycles. The minimum atomic E-state index is -0.458. The summed E-state index contributed by atoms with van der Waals surface area (Å²) in [6.45, 7) is 4.07. The normalized spacial score (nSPS) is 11.3. The molecule has 0 saturated carbocycles. The summed E-state index contributed by atoms with van der Waals surface area (Å²) in [6.07, 6.45) is 0.601. The fourth-order valence-electron chi connectivity index (χ4n) is 2.94. The highest BCUT2D eigenvalue weighted by molar-refractivity contribution is 7.98. The van der Waals surface area contributed by atoms with Crippen molar-refractivity contribution in [1.82, 2.24) is 19.1 Å². The van der Waals surface area contributed by atoms with Gasteiger partial charge in [-0.15, -0.1) is 11.8 Å². The molecular weight excluding hydrogens is 394 g/mol. The van der Waals surface area contributed by atoms with E-state index in [4.69, 9.17) is 0 Å². The van der Waals surface area contributed by atoms with Gasteiger partial charge >= 0.3 is 5.69 Å². The number of hydrogen-bond acceptors (Lipinski definition) is 7. The maximum absolute atomic E-state index is 12.8. The van der Waals surface area contributed by atoms with Crippen LogP contribution in [0.1, 0.15) is 25.2 Å². The van der Waals surface area contributed by atoms with E-state index in [9.17, 15) is 19.7 Å². The van der Waals surface area contributed by atoms with Gasteiger partial charge < -0.3 is 0 Å². The zero-order valence-electron chi connectivity index (χ0n) is 16.6. The molecule has 29 heavy (non-hydrogen) atoms. The van der Waals surface area contributed by atoms with Crippen LogP contribution < -0.4 is 11.2 Å². The van der Waals surface area contributed by atoms with Gasteiger partial charge in [0.05, 0.1) is 4.92 Å². The monoisotopic (exact) mass is 415 g/mol. The Bertz CT molecular complexity index is 1220. The first-order chi connectivity index (χ1) is 13.7. The van der Waals surface area contributed by atoms with Gasteiger partial charge in [0.1, 0.15) is 16.2 Å². The van der Waals surface area contributed by atoms with E-state index in [0.717, 1.165) is 10.1 Å². The first kappa shape index (κ1) is 20.7. The van der Waals surface area contributed by atoms with Gasteiger partial charge in [-0.1, -0.05) is 26.0 Å². The van der Waals surface area contributed by atoms with Crippen molar-refractivity contribution < 1.29 is 4.92 Å². The van der Waals surface area contributed by atoms with Gasteiger partial charge in [-0.05, 0) is 11.5 Å². The van der Waals surface area contributed by atoms with Crippen molar-refractivity contribution in [2.75, 3.05) is 0 Å². The first-order valence-corrected chi connectivity index (χ1v) is 10.0. The van der Waals surface area contributed by atoms with Crippen molar-refractivity contribution >= 4 is 28.5 Å². The van der Waals surface area contributed by atoms with Crippen molar-refractivity contribution in [3.63, 3.8) is 0 Å². The smallest absolute Gasteiger partial charge is 0.280 e. The predicted octanol–water partition coefficient (Wildman–Crippen LogP) is 2.43. The zero-order chi connectivity index (χ0) is 21.3. The highest BCUT2D eigenvalue weighted by Crippen LogP contribution is 2.27. The van der Waals surface area contributed by atoms with Gasteiger partial charge in [-0.25, -0.2) is 14.8 Å². The first-order valence-electron chi connectivity index (χ1n) is 9.01. The Hall–Kier alpha value is -3.01. The average molecular weight is 415 g/mol. The van der Waals surface area contributed by atoms with Gasteiger partial charge in [0.25, 0.3) is 11.2 Å². The minimum absolute atomic E-state index is 0.00875. The van der Waals surface area contributed by atoms with Gasteiger partial charge in [-0.2, -0.15) is 0 Å². The second-order valence-corrected chi connectivity index (χ2v) is 8.13. The van der Waals surface area contributed by atoms with Crippen LogP contribution in [0.4, 0.5) is 5.69 Å². The lowest BCUT2D eigenvalue weighted by molar-refractivity contribution is -0.384. The van der Waals surface area contributed by atoms with Crippen molar-refractivity contribution in [3.8, 4) is 0 Å². The third-order valence-electron chi connectivity index (χ3n) is 4.40. The number of nitrogens with zero attached hydrogens (tertiary/aromatic N) is 5. The lowest BCUT2D eigenvalue weighted by Crippen LogP contribution is -2.37. The average Bonchev–Trinajstić information content (AvgIpc) is 2.68. The van der Waals surface area contributed by atoms with Gasteiger partial charge in [0.15, 0.2) is 5.65 Å². The molecule has 0 atom stereocenters. The Balaban J connectivity index is 2.12. The highest BCUT2D eigenvalue weighted by atomic mass is 32.2. The van der Waals surface area contributed by atoms with Crippen LogP contribution in [0.15, 0.2) is 38.9 Å². The fraction of sp³-hybridized carbons (Fsp3) is 0.368. The summed E-state index contributed by atoms with van der Waals surface area (Å²) >= 11 is 1.30. The quantitative estimate of drug-likeness (QED) is 0.263. The number of non-ortho nitro benzene ring substituents is 1. The van der Waals surface area contributed by atoms with Crippen molar-refractivity contribution in [3.05, 3.63) is 66.6 Å². The number of nitro groups is 1. The molecule has 152 valence electrons. The molecule has 0 saturated heterocycles. The zero-order valence-corrected chi connectivity index (χ0v) is 17.4. The molecule has 1 aromatic carbocycles. The summed E-state index contributed by atoms with van der Waals surface area (Å²) in [5.74, 6) is 1.24. The van der Waals surface area contributed by atoms with Crippen LogP contribution >= 0.6 is 11.8 Å². The SMILES string of the molecule is CC(C)Cc1nc(SCc2cccc([N+](=O)[O-])c2)c2c(=O)n(C)c(=O)n(C)c2n1. The maximum atomic E-state index is 12.8. The molecule has 3 rings (SSSR count). The van der Waals surface area contributed by atoms with E-state index in [1.54, 1.807) is 19.2 Å². The number of benzene rings is 1. The molecule has 0 radical (unpaired) electrons. The largest absolute Gasteiger partial charge is 0.332 e. The number of rotatable bonds is 6. The third-order valence-corrected chi connectivity index (χ3v) is 5.45. The van der Waals surface area contributed by atoms with E-state index in [2.05, 4.69) is 9.97 Å². The molecule has 0 unspecified atom stereocenters. The molecule has 2 heterocycles. The topological polar surface area (TPSA) is 113 Å². The molecular formula is C19H21N5O4S. The van der Waals surface area contributed by atoms with E-state index < -0.39 is 16.2 Å². The van der Waals surface area contributed by atoms with Gasteiger partial charge in [0.2, 0.25) is 0 Å². The van der Waals surface area contributed by atoms with Crippen LogP contribution in [0.5, 0.6) is 0 Å². The Labute approximate surface area is 170 Å². The molecule has 0 fully saturated rings. The second-order valence-electron chi connectivity index (χ2n) is 7.16. The van der Waals surface area contributed by atoms with Crippen molar-refractivity contribution in [2.45, 2.75) is 31.0 Å². The molecule has 0 aliphatic rings. The molecule has 0 aliphatic heterocycles. The van der Waals surface area contributed by atoms with Crippen molar-refractivity contribution in [2.24, 2.45) is 20.0 Å². The molecule has 0 spiro atoms. The number of aromatic nitrogens is 4. The third kappa shape index (κ3) is 4.21. The van der Waals surface area contributed by atoms with E-state index in [1.807, 2.05) is 13.8 Å². The number of hydrogen-bond donors (Lipinski definition) is 0. The van der Waals surface area contributed by atoms with Crippen LogP contribution in [0.2, 0.25) is 0 Å². The standard InChI is InChI=1S/C19H21N5O4S/c1-11(2)8-14-20-16-15(18(25)23(4)19(26)22(16)3)17(21-14)29-10-12-6-5-7-13(9-12)24(27)28/h5-7,9,11H,8,10H2,1-4H3. The molecule has 0 amide bonds. The van der Waals surface area contributed by atoms with Crippen LogP contribution in [0.3, 0.4) is 0 Å². The molecule has 9 nitrogen and oxygen atoms in total. The van der Waals surface area contributed by atoms with Crippen LogP contribution in [-0.4, -0.2) is 24.0 Å². The summed E-state index contributed by atoms with van der Waals surface area (Å²) in [7, 11) is 2.99. The van der Waals surface area contributed by atoms with Gasteiger partial charge in [-0.3, -0.25) is 24.0 Å². The van der Waals surface area contributed by atoms with Crippen molar-refractivity contribution in [1.29, 1.82) is 0 Å². The Morgan fingerprint density at radius 2 is 1.90 bits per heavy atom. The van der Waals surface area contributed by atoms with E-state index in [1.165, 1.54) is 35.5 Å². The molecule has 0 N–H and O–H groups in total. The fourth-order valence-corrected chi connectivity index (χ4v) is 3.92. The van der Waals surface area contributed by atoms with E-state index >= 15 is 0 Å². The van der Waals surface area contributed by atoms with E-state index in [0.29, 0.717) is 34.6 Å². The highest BCUT2D eigenvalue weighted by Gasteiger charge is 2.18. The number of aryl methyl sites for hydroxylation is 1. The molecule has 10 heteroatoms. The van der Waals surface area contributed by atoms with Crippen LogP contribution in [-0.2, 0) is 26.3 Å². The number of fused-ring (bicyclic) bond motifs is 1. The Morgan fingerprint density at radius 1 is 1.17 bits per heavy atom. The molecule has 0 bridgehead atoms. The summed E-state index contributed by atoms with van der Waals surface area (Å²) in [5.41, 5.74) is 0.134.